The summed E-state index contributed by atoms with van der Waals surface area (Å²) in [5.74, 6) is 2.40. The summed E-state index contributed by atoms with van der Waals surface area (Å²) >= 11 is 1.65. The molecule has 0 aliphatic carbocycles. The molecule has 0 radical (unpaired) electrons. The summed E-state index contributed by atoms with van der Waals surface area (Å²) in [5.41, 5.74) is 7.11. The summed E-state index contributed by atoms with van der Waals surface area (Å²) in [6.07, 6.45) is 10.5. The standard InChI is InChI=1S/C14H21NO2.C11H12N2OS.C3H6O2/c1-4-5-6-8-14(2,3)10-13(17)15-9-7-12(16)11-15;1-8-11(15-7-12-8)10-4-2-9(3-5-10)6-13-14;1-3(4)5-2/h1,6,8,12,16H,5,7,9-11H2,2-3H3;2-5,7,13-14H,6H2,1H3;1-2H3/b8-6-;;. The number of likely N-dealkylation sites (tertiary alicyclic amines) is 1. The second kappa shape index (κ2) is 16.7. The summed E-state index contributed by atoms with van der Waals surface area (Å²) in [6, 6.07) is 8.09. The number of amides is 1. The van der Waals surface area contributed by atoms with Gasteiger partial charge < -0.3 is 20.0 Å². The summed E-state index contributed by atoms with van der Waals surface area (Å²) in [7, 11) is 1.35. The van der Waals surface area contributed by atoms with Crippen LogP contribution in [-0.2, 0) is 20.9 Å². The number of carbonyl (C=O) groups is 2. The Balaban J connectivity index is 0.000000315. The average Bonchev–Trinajstić information content (AvgIpc) is 3.48. The number of aromatic nitrogens is 1. The van der Waals surface area contributed by atoms with E-state index in [1.165, 1.54) is 24.5 Å². The lowest BCUT2D eigenvalue weighted by atomic mass is 9.88. The molecule has 1 aromatic heterocycles. The highest BCUT2D eigenvalue weighted by atomic mass is 32.1. The molecule has 1 atom stereocenters. The van der Waals surface area contributed by atoms with Gasteiger partial charge in [0.25, 0.3) is 0 Å². The molecular weight excluding hydrogens is 490 g/mol. The van der Waals surface area contributed by atoms with Gasteiger partial charge in [0.15, 0.2) is 0 Å². The van der Waals surface area contributed by atoms with Gasteiger partial charge in [0, 0.05) is 39.4 Å². The maximum atomic E-state index is 12.0. The lowest BCUT2D eigenvalue weighted by Gasteiger charge is -2.23. The number of ether oxygens (including phenoxy) is 1. The van der Waals surface area contributed by atoms with Crippen LogP contribution in [0.3, 0.4) is 0 Å². The van der Waals surface area contributed by atoms with Crippen LogP contribution in [0.1, 0.15) is 51.3 Å². The number of nitrogens with one attached hydrogen (secondary N) is 1. The molecule has 9 heteroatoms. The van der Waals surface area contributed by atoms with Crippen molar-refractivity contribution in [2.75, 3.05) is 20.2 Å². The quantitative estimate of drug-likeness (QED) is 0.212. The minimum Gasteiger partial charge on any atom is -0.469 e. The van der Waals surface area contributed by atoms with Crippen molar-refractivity contribution in [2.45, 2.75) is 59.6 Å². The van der Waals surface area contributed by atoms with Crippen LogP contribution in [0, 0.1) is 24.7 Å². The van der Waals surface area contributed by atoms with E-state index in [-0.39, 0.29) is 23.4 Å². The van der Waals surface area contributed by atoms with Crippen LogP contribution in [0.2, 0.25) is 0 Å². The molecule has 3 rings (SSSR count). The number of benzene rings is 1. The van der Waals surface area contributed by atoms with Crippen molar-refractivity contribution < 1.29 is 24.6 Å². The number of carbonyl (C=O) groups excluding carboxylic acids is 2. The van der Waals surface area contributed by atoms with Gasteiger partial charge in [-0.05, 0) is 29.9 Å². The molecule has 202 valence electrons. The smallest absolute Gasteiger partial charge is 0.302 e. The third-order valence-corrected chi connectivity index (χ3v) is 6.44. The summed E-state index contributed by atoms with van der Waals surface area (Å²) in [6.45, 7) is 9.03. The third kappa shape index (κ3) is 12.7. The maximum absolute atomic E-state index is 12.0. The zero-order chi connectivity index (χ0) is 27.8. The van der Waals surface area contributed by atoms with Gasteiger partial charge in [0.1, 0.15) is 0 Å². The Morgan fingerprint density at radius 2 is 2.00 bits per heavy atom. The summed E-state index contributed by atoms with van der Waals surface area (Å²) in [5, 5.41) is 17.9. The first-order valence-electron chi connectivity index (χ1n) is 12.0. The van der Waals surface area contributed by atoms with E-state index in [4.69, 9.17) is 11.6 Å². The molecule has 0 saturated carbocycles. The normalized spacial score (nSPS) is 14.8. The van der Waals surface area contributed by atoms with Crippen LogP contribution in [0.25, 0.3) is 10.4 Å². The fraction of sp³-hybridized carbons (Fsp3) is 0.464. The highest BCUT2D eigenvalue weighted by Gasteiger charge is 2.28. The Morgan fingerprint density at radius 1 is 1.35 bits per heavy atom. The number of terminal acetylenes is 1. The van der Waals surface area contributed by atoms with Crippen LogP contribution < -0.4 is 5.48 Å². The first-order valence-corrected chi connectivity index (χ1v) is 12.9. The van der Waals surface area contributed by atoms with Gasteiger partial charge >= 0.3 is 5.97 Å². The minimum absolute atomic E-state index is 0.108. The Bertz CT molecular complexity index is 1040. The van der Waals surface area contributed by atoms with E-state index in [0.29, 0.717) is 38.9 Å². The number of methoxy groups -OCH3 is 1. The van der Waals surface area contributed by atoms with Gasteiger partial charge in [-0.2, -0.15) is 0 Å². The summed E-state index contributed by atoms with van der Waals surface area (Å²) in [4.78, 5) is 28.7. The number of esters is 1. The Morgan fingerprint density at radius 3 is 2.46 bits per heavy atom. The molecule has 0 spiro atoms. The van der Waals surface area contributed by atoms with Crippen molar-refractivity contribution in [3.63, 3.8) is 0 Å². The van der Waals surface area contributed by atoms with E-state index >= 15 is 0 Å². The van der Waals surface area contributed by atoms with E-state index < -0.39 is 0 Å². The predicted octanol–water partition coefficient (Wildman–Crippen LogP) is 4.35. The maximum Gasteiger partial charge on any atom is 0.302 e. The van der Waals surface area contributed by atoms with Crippen molar-refractivity contribution >= 4 is 23.2 Å². The van der Waals surface area contributed by atoms with Crippen LogP contribution in [-0.4, -0.2) is 58.4 Å². The number of allylic oxidation sites excluding steroid dienone is 2. The third-order valence-electron chi connectivity index (χ3n) is 5.46. The summed E-state index contributed by atoms with van der Waals surface area (Å²) < 4.78 is 4.11. The predicted molar refractivity (Wildman–Crippen MR) is 147 cm³/mol. The number of aryl methyl sites for hydroxylation is 1. The first-order chi connectivity index (χ1) is 17.5. The van der Waals surface area contributed by atoms with E-state index in [9.17, 15) is 14.7 Å². The number of thiazole rings is 1. The number of hydrogen-bond acceptors (Lipinski definition) is 8. The van der Waals surface area contributed by atoms with Crippen molar-refractivity contribution in [2.24, 2.45) is 5.41 Å². The monoisotopic (exact) mass is 529 g/mol. The van der Waals surface area contributed by atoms with Gasteiger partial charge in [-0.3, -0.25) is 9.59 Å². The molecule has 1 amide bonds. The second-order valence-electron chi connectivity index (χ2n) is 9.25. The van der Waals surface area contributed by atoms with E-state index in [2.05, 4.69) is 21.1 Å². The number of hydroxylamine groups is 1. The van der Waals surface area contributed by atoms with E-state index in [1.54, 1.807) is 16.2 Å². The highest BCUT2D eigenvalue weighted by molar-refractivity contribution is 7.13. The molecule has 3 N–H and O–H groups in total. The molecule has 8 nitrogen and oxygen atoms in total. The molecular formula is C28H39N3O5S. The highest BCUT2D eigenvalue weighted by Crippen LogP contribution is 2.27. The number of aliphatic hydroxyl groups excluding tert-OH is 1. The minimum atomic E-state index is -0.348. The van der Waals surface area contributed by atoms with Gasteiger partial charge in [0.05, 0.1) is 29.3 Å². The van der Waals surface area contributed by atoms with Gasteiger partial charge in [0.2, 0.25) is 5.91 Å². The lowest BCUT2D eigenvalue weighted by molar-refractivity contribution is -0.138. The largest absolute Gasteiger partial charge is 0.469 e. The fourth-order valence-corrected chi connectivity index (χ4v) is 4.23. The molecule has 0 bridgehead atoms. The van der Waals surface area contributed by atoms with Crippen LogP contribution >= 0.6 is 11.3 Å². The number of β-amino-alcohol motifs (C(OH)–C–C–N with tert-alkyl or cyclic N) is 1. The second-order valence-corrected chi connectivity index (χ2v) is 10.1. The van der Waals surface area contributed by atoms with Crippen molar-refractivity contribution in [1.82, 2.24) is 15.4 Å². The Kier molecular flexibility index (Phi) is 14.4. The molecule has 1 aliphatic rings. The Hall–Kier alpha value is -3.03. The molecule has 37 heavy (non-hydrogen) atoms. The van der Waals surface area contributed by atoms with Crippen LogP contribution in [0.4, 0.5) is 0 Å². The van der Waals surface area contributed by atoms with Crippen LogP contribution in [0.5, 0.6) is 0 Å². The van der Waals surface area contributed by atoms with Gasteiger partial charge in [-0.25, -0.2) is 10.5 Å². The zero-order valence-electron chi connectivity index (χ0n) is 22.4. The van der Waals surface area contributed by atoms with E-state index in [1.807, 2.05) is 62.7 Å². The first kappa shape index (κ1) is 32.0. The molecule has 1 saturated heterocycles. The lowest BCUT2D eigenvalue weighted by Crippen LogP contribution is -2.32. The molecule has 2 heterocycles. The number of nitrogens with zero attached hydrogens (tertiary/aromatic N) is 2. The SMILES string of the molecule is C#CC/C=C\C(C)(C)CC(=O)N1CCC(O)C1.COC(C)=O.Cc1ncsc1-c1ccc(CNO)cc1. The molecule has 1 fully saturated rings. The van der Waals surface area contributed by atoms with Crippen molar-refractivity contribution in [1.29, 1.82) is 0 Å². The molecule has 1 unspecified atom stereocenters. The molecule has 1 aliphatic heterocycles. The number of hydrogen-bond donors (Lipinski definition) is 3. The van der Waals surface area contributed by atoms with Gasteiger partial charge in [-0.1, -0.05) is 50.3 Å². The zero-order valence-corrected chi connectivity index (χ0v) is 23.2. The number of aliphatic hydroxyl groups is 1. The van der Waals surface area contributed by atoms with E-state index in [0.717, 1.165) is 11.3 Å². The van der Waals surface area contributed by atoms with Crippen molar-refractivity contribution in [3.8, 4) is 22.8 Å². The van der Waals surface area contributed by atoms with Crippen LogP contribution in [0.15, 0.2) is 41.9 Å². The molecule has 1 aromatic carbocycles. The topological polar surface area (TPSA) is 112 Å². The average molecular weight is 530 g/mol. The fourth-order valence-electron chi connectivity index (χ4n) is 3.42. The van der Waals surface area contributed by atoms with Gasteiger partial charge in [-0.15, -0.1) is 23.7 Å². The van der Waals surface area contributed by atoms with Crippen molar-refractivity contribution in [3.05, 3.63) is 53.2 Å². The number of rotatable bonds is 7. The Labute approximate surface area is 224 Å². The molecule has 2 aromatic rings.